The number of nitrogens with zero attached hydrogens (tertiary/aromatic N) is 2. The summed E-state index contributed by atoms with van der Waals surface area (Å²) in [4.78, 5) is 7.01. The molecule has 3 nitrogen and oxygen atoms in total. The van der Waals surface area contributed by atoms with Crippen LogP contribution in [0.4, 0.5) is 0 Å². The molecule has 1 aliphatic heterocycles. The summed E-state index contributed by atoms with van der Waals surface area (Å²) in [6, 6.07) is 0. The van der Waals surface area contributed by atoms with E-state index in [0.717, 1.165) is 18.4 Å². The predicted octanol–water partition coefficient (Wildman–Crippen LogP) is 3.02. The lowest BCUT2D eigenvalue weighted by Gasteiger charge is -2.33. The average Bonchev–Trinajstić information content (AvgIpc) is 3.18. The first-order valence-electron chi connectivity index (χ1n) is 8.27. The van der Waals surface area contributed by atoms with Crippen LogP contribution in [0.5, 0.6) is 0 Å². The molecule has 0 unspecified atom stereocenters. The van der Waals surface area contributed by atoms with Crippen LogP contribution in [0.25, 0.3) is 0 Å². The van der Waals surface area contributed by atoms with Gasteiger partial charge in [0.1, 0.15) is 0 Å². The highest BCUT2D eigenvalue weighted by atomic mass is 15.3. The van der Waals surface area contributed by atoms with Crippen molar-refractivity contribution in [1.82, 2.24) is 10.2 Å². The van der Waals surface area contributed by atoms with Gasteiger partial charge in [0.15, 0.2) is 5.96 Å². The van der Waals surface area contributed by atoms with Gasteiger partial charge in [0, 0.05) is 26.7 Å². The van der Waals surface area contributed by atoms with Gasteiger partial charge >= 0.3 is 0 Å². The number of guanidine groups is 1. The third-order valence-corrected chi connectivity index (χ3v) is 5.40. The van der Waals surface area contributed by atoms with Crippen molar-refractivity contribution in [2.75, 3.05) is 26.7 Å². The monoisotopic (exact) mass is 263 g/mol. The molecule has 1 heterocycles. The second-order valence-electron chi connectivity index (χ2n) is 6.94. The first-order chi connectivity index (χ1) is 9.31. The summed E-state index contributed by atoms with van der Waals surface area (Å²) < 4.78 is 0. The Morgan fingerprint density at radius 3 is 2.68 bits per heavy atom. The van der Waals surface area contributed by atoms with Crippen LogP contribution in [-0.4, -0.2) is 37.5 Å². The minimum absolute atomic E-state index is 0.631. The quantitative estimate of drug-likeness (QED) is 0.626. The molecule has 2 saturated carbocycles. The van der Waals surface area contributed by atoms with Crippen LogP contribution >= 0.6 is 0 Å². The van der Waals surface area contributed by atoms with Crippen LogP contribution in [0, 0.1) is 11.3 Å². The van der Waals surface area contributed by atoms with Crippen molar-refractivity contribution >= 4 is 5.96 Å². The molecular formula is C16H29N3. The minimum Gasteiger partial charge on any atom is -0.356 e. The topological polar surface area (TPSA) is 27.6 Å². The standard InChI is InChI=1S/C16H29N3/c1-17-15(18-11-7-14-5-6-14)19-12-10-16(13-19)8-3-2-4-9-16/h14H,2-13H2,1H3,(H,17,18). The summed E-state index contributed by atoms with van der Waals surface area (Å²) in [5.74, 6) is 2.16. The molecule has 3 rings (SSSR count). The number of likely N-dealkylation sites (tertiary alicyclic amines) is 1. The van der Waals surface area contributed by atoms with Gasteiger partial charge in [-0.3, -0.25) is 4.99 Å². The lowest BCUT2D eigenvalue weighted by Crippen LogP contribution is -2.42. The summed E-state index contributed by atoms with van der Waals surface area (Å²) in [6.45, 7) is 3.57. The maximum Gasteiger partial charge on any atom is 0.193 e. The summed E-state index contributed by atoms with van der Waals surface area (Å²) >= 11 is 0. The largest absolute Gasteiger partial charge is 0.356 e. The molecule has 1 spiro atoms. The van der Waals surface area contributed by atoms with Crippen LogP contribution in [0.2, 0.25) is 0 Å². The SMILES string of the molecule is CN=C(NCCC1CC1)N1CCC2(CCCCC2)C1. The van der Waals surface area contributed by atoms with E-state index in [9.17, 15) is 0 Å². The molecule has 108 valence electrons. The molecule has 1 saturated heterocycles. The zero-order chi connectivity index (χ0) is 13.1. The third kappa shape index (κ3) is 3.24. The minimum atomic E-state index is 0.631. The Kier molecular flexibility index (Phi) is 3.99. The van der Waals surface area contributed by atoms with Crippen molar-refractivity contribution in [1.29, 1.82) is 0 Å². The predicted molar refractivity (Wildman–Crippen MR) is 80.4 cm³/mol. The molecule has 0 radical (unpaired) electrons. The fraction of sp³-hybridized carbons (Fsp3) is 0.938. The molecule has 1 N–H and O–H groups in total. The maximum absolute atomic E-state index is 4.50. The van der Waals surface area contributed by atoms with Crippen LogP contribution in [0.1, 0.15) is 57.8 Å². The number of hydrogen-bond acceptors (Lipinski definition) is 1. The molecule has 0 aromatic heterocycles. The van der Waals surface area contributed by atoms with Crippen molar-refractivity contribution in [3.63, 3.8) is 0 Å². The molecule has 0 amide bonds. The average molecular weight is 263 g/mol. The summed E-state index contributed by atoms with van der Waals surface area (Å²) in [5, 5.41) is 3.58. The van der Waals surface area contributed by atoms with E-state index in [4.69, 9.17) is 0 Å². The Morgan fingerprint density at radius 2 is 2.00 bits per heavy atom. The van der Waals surface area contributed by atoms with E-state index in [1.54, 1.807) is 0 Å². The highest BCUT2D eigenvalue weighted by molar-refractivity contribution is 5.80. The van der Waals surface area contributed by atoms with Gasteiger partial charge < -0.3 is 10.2 Å². The smallest absolute Gasteiger partial charge is 0.193 e. The summed E-state index contributed by atoms with van der Waals surface area (Å²) in [6.07, 6.45) is 12.9. The molecular weight excluding hydrogens is 234 g/mol. The van der Waals surface area contributed by atoms with Crippen LogP contribution in [0.15, 0.2) is 4.99 Å². The van der Waals surface area contributed by atoms with E-state index in [0.29, 0.717) is 5.41 Å². The number of rotatable bonds is 3. The van der Waals surface area contributed by atoms with E-state index in [2.05, 4.69) is 15.2 Å². The van der Waals surface area contributed by atoms with Gasteiger partial charge in [0.25, 0.3) is 0 Å². The zero-order valence-corrected chi connectivity index (χ0v) is 12.5. The Labute approximate surface area is 117 Å². The van der Waals surface area contributed by atoms with Crippen molar-refractivity contribution in [3.05, 3.63) is 0 Å². The highest BCUT2D eigenvalue weighted by Crippen LogP contribution is 2.43. The number of aliphatic imine (C=N–C) groups is 1. The van der Waals surface area contributed by atoms with Gasteiger partial charge in [-0.05, 0) is 37.0 Å². The van der Waals surface area contributed by atoms with Gasteiger partial charge in [0.2, 0.25) is 0 Å². The number of nitrogens with one attached hydrogen (secondary N) is 1. The molecule has 2 aliphatic carbocycles. The molecule has 0 bridgehead atoms. The van der Waals surface area contributed by atoms with Gasteiger partial charge in [-0.15, -0.1) is 0 Å². The molecule has 0 aromatic carbocycles. The molecule has 3 heteroatoms. The summed E-state index contributed by atoms with van der Waals surface area (Å²) in [7, 11) is 1.94. The van der Waals surface area contributed by atoms with E-state index in [-0.39, 0.29) is 0 Å². The van der Waals surface area contributed by atoms with E-state index < -0.39 is 0 Å². The molecule has 3 fully saturated rings. The Bertz CT molecular complexity index is 327. The van der Waals surface area contributed by atoms with Crippen LogP contribution < -0.4 is 5.32 Å². The van der Waals surface area contributed by atoms with Crippen molar-refractivity contribution in [2.45, 2.75) is 57.8 Å². The van der Waals surface area contributed by atoms with Gasteiger partial charge in [-0.2, -0.15) is 0 Å². The lowest BCUT2D eigenvalue weighted by atomic mass is 9.73. The van der Waals surface area contributed by atoms with Crippen molar-refractivity contribution in [3.8, 4) is 0 Å². The summed E-state index contributed by atoms with van der Waals surface area (Å²) in [5.41, 5.74) is 0.631. The van der Waals surface area contributed by atoms with Crippen LogP contribution in [-0.2, 0) is 0 Å². The highest BCUT2D eigenvalue weighted by Gasteiger charge is 2.39. The van der Waals surface area contributed by atoms with E-state index in [1.807, 2.05) is 7.05 Å². The van der Waals surface area contributed by atoms with Gasteiger partial charge in [-0.1, -0.05) is 32.1 Å². The van der Waals surface area contributed by atoms with E-state index in [1.165, 1.54) is 70.9 Å². The Morgan fingerprint density at radius 1 is 1.21 bits per heavy atom. The Balaban J connectivity index is 1.49. The normalized spacial score (nSPS) is 27.0. The first kappa shape index (κ1) is 13.3. The second-order valence-corrected chi connectivity index (χ2v) is 6.94. The first-order valence-corrected chi connectivity index (χ1v) is 8.27. The van der Waals surface area contributed by atoms with Crippen molar-refractivity contribution in [2.24, 2.45) is 16.3 Å². The lowest BCUT2D eigenvalue weighted by molar-refractivity contribution is 0.203. The molecule has 0 aromatic rings. The third-order valence-electron chi connectivity index (χ3n) is 5.40. The molecule has 0 atom stereocenters. The molecule has 19 heavy (non-hydrogen) atoms. The van der Waals surface area contributed by atoms with Gasteiger partial charge in [0.05, 0.1) is 0 Å². The van der Waals surface area contributed by atoms with Crippen molar-refractivity contribution < 1.29 is 0 Å². The maximum atomic E-state index is 4.50. The van der Waals surface area contributed by atoms with Crippen LogP contribution in [0.3, 0.4) is 0 Å². The fourth-order valence-electron chi connectivity index (χ4n) is 3.95. The zero-order valence-electron chi connectivity index (χ0n) is 12.5. The second kappa shape index (κ2) is 5.72. The van der Waals surface area contributed by atoms with E-state index >= 15 is 0 Å². The molecule has 3 aliphatic rings. The Hall–Kier alpha value is -0.730. The van der Waals surface area contributed by atoms with Gasteiger partial charge in [-0.25, -0.2) is 0 Å². The fourth-order valence-corrected chi connectivity index (χ4v) is 3.95. The number of hydrogen-bond donors (Lipinski definition) is 1.